The van der Waals surface area contributed by atoms with Crippen LogP contribution in [0.5, 0.6) is 0 Å². The molecule has 0 saturated carbocycles. The predicted molar refractivity (Wildman–Crippen MR) is 32.9 cm³/mol. The molecule has 0 spiro atoms. The van der Waals surface area contributed by atoms with E-state index in [-0.39, 0.29) is 41.9 Å². The van der Waals surface area contributed by atoms with Gasteiger partial charge in [-0.1, -0.05) is 12.2 Å². The monoisotopic (exact) mass is 164 g/mol. The van der Waals surface area contributed by atoms with E-state index >= 15 is 0 Å². The van der Waals surface area contributed by atoms with E-state index in [0.29, 0.717) is 6.42 Å². The molecule has 0 aromatic rings. The molecule has 0 bridgehead atoms. The number of carboxylic acids is 1. The molecule has 3 nitrogen and oxygen atoms in total. The summed E-state index contributed by atoms with van der Waals surface area (Å²) >= 11 is 0. The van der Waals surface area contributed by atoms with Crippen LogP contribution in [0, 0.1) is 5.92 Å². The number of carbonyl (C=O) groups excluding carboxylic acids is 1. The Morgan fingerprint density at radius 2 is 2.36 bits per heavy atom. The quantitative estimate of drug-likeness (QED) is 0.335. The van der Waals surface area contributed by atoms with Gasteiger partial charge in [-0.3, -0.25) is 0 Å². The van der Waals surface area contributed by atoms with Gasteiger partial charge < -0.3 is 15.0 Å². The average Bonchev–Trinajstić information content (AvgIpc) is 2.15. The molecular weight excluding hydrogens is 155 g/mol. The fourth-order valence-electron chi connectivity index (χ4n) is 1.09. The van der Waals surface area contributed by atoms with Crippen molar-refractivity contribution in [3.8, 4) is 0 Å². The summed E-state index contributed by atoms with van der Waals surface area (Å²) in [6.07, 6.45) is 3.49. The van der Waals surface area contributed by atoms with Gasteiger partial charge in [-0.05, 0) is 12.8 Å². The zero-order chi connectivity index (χ0) is 7.56. The van der Waals surface area contributed by atoms with Gasteiger partial charge in [0.15, 0.2) is 0 Å². The Morgan fingerprint density at radius 3 is 2.73 bits per heavy atom. The summed E-state index contributed by atoms with van der Waals surface area (Å²) in [6, 6.07) is 0. The van der Waals surface area contributed by atoms with E-state index in [1.807, 2.05) is 0 Å². The third-order valence-corrected chi connectivity index (χ3v) is 1.66. The minimum absolute atomic E-state index is 0. The fourth-order valence-corrected chi connectivity index (χ4v) is 1.09. The molecule has 56 valence electrons. The maximum Gasteiger partial charge on any atom is 1.00 e. The van der Waals surface area contributed by atoms with E-state index in [9.17, 15) is 9.90 Å². The molecule has 4 heteroatoms. The molecule has 0 aliphatic heterocycles. The SMILES string of the molecule is O=C([O-])C[C@H]1C=CC[C@@H]1O.[Na+]. The van der Waals surface area contributed by atoms with Crippen LogP contribution in [0.15, 0.2) is 12.2 Å². The van der Waals surface area contributed by atoms with Gasteiger partial charge in [0.1, 0.15) is 0 Å². The Balaban J connectivity index is 0.000001000. The van der Waals surface area contributed by atoms with Gasteiger partial charge in [-0.25, -0.2) is 0 Å². The molecule has 0 amide bonds. The van der Waals surface area contributed by atoms with Crippen molar-refractivity contribution in [2.75, 3.05) is 0 Å². The number of hydrogen-bond acceptors (Lipinski definition) is 3. The van der Waals surface area contributed by atoms with Gasteiger partial charge in [0.2, 0.25) is 0 Å². The number of carboxylic acid groups (broad SMARTS) is 1. The number of aliphatic hydroxyl groups excluding tert-OH is 1. The fraction of sp³-hybridized carbons (Fsp3) is 0.571. The summed E-state index contributed by atoms with van der Waals surface area (Å²) in [5, 5.41) is 19.1. The van der Waals surface area contributed by atoms with Gasteiger partial charge in [-0.2, -0.15) is 0 Å². The Kier molecular flexibility index (Phi) is 5.01. The summed E-state index contributed by atoms with van der Waals surface area (Å²) in [5.74, 6) is -1.33. The maximum atomic E-state index is 10.0. The molecule has 0 heterocycles. The van der Waals surface area contributed by atoms with Crippen LogP contribution < -0.4 is 34.7 Å². The first-order valence-corrected chi connectivity index (χ1v) is 3.24. The van der Waals surface area contributed by atoms with Gasteiger partial charge in [-0.15, -0.1) is 0 Å². The Labute approximate surface area is 87.4 Å². The number of aliphatic carboxylic acids is 1. The van der Waals surface area contributed by atoms with Crippen LogP contribution >= 0.6 is 0 Å². The molecule has 11 heavy (non-hydrogen) atoms. The summed E-state index contributed by atoms with van der Waals surface area (Å²) in [4.78, 5) is 10.0. The first-order valence-electron chi connectivity index (χ1n) is 3.24. The van der Waals surface area contributed by atoms with Crippen molar-refractivity contribution in [1.29, 1.82) is 0 Å². The van der Waals surface area contributed by atoms with Crippen molar-refractivity contribution in [2.24, 2.45) is 5.92 Å². The molecule has 0 fully saturated rings. The standard InChI is InChI=1S/C7H10O3.Na/c8-6-3-1-2-5(6)4-7(9)10;/h1-2,5-6,8H,3-4H2,(H,9,10);/q;+1/p-1/t5-,6+;/m1./s1. The molecule has 0 unspecified atom stereocenters. The predicted octanol–water partition coefficient (Wildman–Crippen LogP) is -3.93. The van der Waals surface area contributed by atoms with Crippen molar-refractivity contribution >= 4 is 5.97 Å². The molecule has 0 radical (unpaired) electrons. The molecule has 2 atom stereocenters. The zero-order valence-corrected chi connectivity index (χ0v) is 8.49. The summed E-state index contributed by atoms with van der Waals surface area (Å²) in [5.41, 5.74) is 0. The molecule has 1 rings (SSSR count). The third kappa shape index (κ3) is 3.38. The Morgan fingerprint density at radius 1 is 1.73 bits per heavy atom. The van der Waals surface area contributed by atoms with Gasteiger partial charge in [0, 0.05) is 11.9 Å². The summed E-state index contributed by atoms with van der Waals surface area (Å²) in [7, 11) is 0. The molecule has 1 N–H and O–H groups in total. The van der Waals surface area contributed by atoms with Crippen LogP contribution in [0.1, 0.15) is 12.8 Å². The second kappa shape index (κ2) is 4.93. The number of aliphatic hydroxyl groups is 1. The minimum Gasteiger partial charge on any atom is -0.550 e. The first-order chi connectivity index (χ1) is 4.70. The van der Waals surface area contributed by atoms with E-state index < -0.39 is 12.1 Å². The molecular formula is C7H9NaO3. The van der Waals surface area contributed by atoms with E-state index in [2.05, 4.69) is 0 Å². The Bertz CT molecular complexity index is 167. The molecule has 1 aliphatic rings. The van der Waals surface area contributed by atoms with Crippen molar-refractivity contribution < 1.29 is 44.6 Å². The van der Waals surface area contributed by atoms with Crippen LogP contribution in [-0.4, -0.2) is 17.2 Å². The van der Waals surface area contributed by atoms with E-state index in [1.165, 1.54) is 0 Å². The average molecular weight is 164 g/mol. The van der Waals surface area contributed by atoms with Crippen LogP contribution in [0.25, 0.3) is 0 Å². The molecule has 0 aromatic heterocycles. The van der Waals surface area contributed by atoms with Gasteiger partial charge in [0.25, 0.3) is 0 Å². The van der Waals surface area contributed by atoms with Crippen molar-refractivity contribution in [2.45, 2.75) is 18.9 Å². The molecule has 0 saturated heterocycles. The number of hydrogen-bond donors (Lipinski definition) is 1. The first kappa shape index (κ1) is 11.2. The van der Waals surface area contributed by atoms with E-state index in [0.717, 1.165) is 0 Å². The normalized spacial score (nSPS) is 28.1. The topological polar surface area (TPSA) is 60.4 Å². The van der Waals surface area contributed by atoms with Crippen molar-refractivity contribution in [3.63, 3.8) is 0 Å². The van der Waals surface area contributed by atoms with Crippen molar-refractivity contribution in [1.82, 2.24) is 0 Å². The second-order valence-electron chi connectivity index (χ2n) is 2.47. The minimum atomic E-state index is -1.10. The van der Waals surface area contributed by atoms with Gasteiger partial charge >= 0.3 is 29.6 Å². The van der Waals surface area contributed by atoms with E-state index in [4.69, 9.17) is 5.11 Å². The number of rotatable bonds is 2. The van der Waals surface area contributed by atoms with Crippen LogP contribution in [0.4, 0.5) is 0 Å². The Hall–Kier alpha value is 0.170. The molecule has 1 aliphatic carbocycles. The largest absolute Gasteiger partial charge is 1.00 e. The van der Waals surface area contributed by atoms with Crippen LogP contribution in [0.2, 0.25) is 0 Å². The summed E-state index contributed by atoms with van der Waals surface area (Å²) in [6.45, 7) is 0. The molecule has 0 aromatic carbocycles. The second-order valence-corrected chi connectivity index (χ2v) is 2.47. The maximum absolute atomic E-state index is 10.0. The van der Waals surface area contributed by atoms with Crippen LogP contribution in [-0.2, 0) is 4.79 Å². The van der Waals surface area contributed by atoms with E-state index in [1.54, 1.807) is 12.2 Å². The van der Waals surface area contributed by atoms with Crippen LogP contribution in [0.3, 0.4) is 0 Å². The zero-order valence-electron chi connectivity index (χ0n) is 6.49. The summed E-state index contributed by atoms with van der Waals surface area (Å²) < 4.78 is 0. The van der Waals surface area contributed by atoms with Gasteiger partial charge in [0.05, 0.1) is 6.10 Å². The smallest absolute Gasteiger partial charge is 0.550 e. The number of carbonyl (C=O) groups is 1. The third-order valence-electron chi connectivity index (χ3n) is 1.66. The van der Waals surface area contributed by atoms with Crippen molar-refractivity contribution in [3.05, 3.63) is 12.2 Å².